The first-order chi connectivity index (χ1) is 32.8. The molecule has 1 aliphatic rings. The molecule has 1 aliphatic heterocycles. The normalized spacial score (nSPS) is 20.4. The van der Waals surface area contributed by atoms with Gasteiger partial charge >= 0.3 is 0 Å². The van der Waals surface area contributed by atoms with Gasteiger partial charge in [-0.15, -0.1) is 0 Å². The summed E-state index contributed by atoms with van der Waals surface area (Å²) >= 11 is 0. The second-order valence-electron chi connectivity index (χ2n) is 18.7. The topological polar surface area (TPSA) is 149 Å². The summed E-state index contributed by atoms with van der Waals surface area (Å²) in [5.74, 6) is -0.315. The Morgan fingerprint density at radius 2 is 0.940 bits per heavy atom. The summed E-state index contributed by atoms with van der Waals surface area (Å²) < 4.78 is 11.2. The van der Waals surface area contributed by atoms with Gasteiger partial charge in [-0.1, -0.05) is 240 Å². The number of allylic oxidation sites excluding steroid dienone is 12. The van der Waals surface area contributed by atoms with Crippen molar-refractivity contribution in [3.8, 4) is 0 Å². The highest BCUT2D eigenvalue weighted by atomic mass is 16.7. The predicted octanol–water partition coefficient (Wildman–Crippen LogP) is 13.1. The standard InChI is InChI=1S/C58H101NO8/c1-3-5-7-9-11-13-15-17-19-20-21-22-23-24-25-26-27-28-29-30-31-32-34-35-37-39-41-43-45-47-52(61)51(50-66-58-57(65)56(64)55(63)53(49-60)67-58)59-54(62)48-46-44-42-40-38-36-33-18-16-14-12-10-8-6-4-2/h6,8,12,14,18,33,37-40,44-47,51-53,55-58,60-61,63-65H,3-5,7,9-11,13,15-17,19-32,34-36,41-43,48-50H2,1-2H3,(H,59,62)/b8-6-,14-12-,33-18-,39-37+,40-38-,46-44-,47-45+. The van der Waals surface area contributed by atoms with E-state index in [0.717, 1.165) is 44.9 Å². The van der Waals surface area contributed by atoms with Crippen LogP contribution in [0.2, 0.25) is 0 Å². The van der Waals surface area contributed by atoms with Crippen molar-refractivity contribution < 1.29 is 39.8 Å². The fraction of sp³-hybridized carbons (Fsp3) is 0.741. The van der Waals surface area contributed by atoms with E-state index in [2.05, 4.69) is 79.9 Å². The number of hydrogen-bond donors (Lipinski definition) is 6. The number of carbonyl (C=O) groups is 1. The molecule has 0 bridgehead atoms. The molecule has 1 fully saturated rings. The predicted molar refractivity (Wildman–Crippen MR) is 281 cm³/mol. The van der Waals surface area contributed by atoms with E-state index in [1.165, 1.54) is 148 Å². The molecule has 386 valence electrons. The van der Waals surface area contributed by atoms with Gasteiger partial charge in [-0.05, 0) is 57.8 Å². The smallest absolute Gasteiger partial charge is 0.224 e. The van der Waals surface area contributed by atoms with Crippen LogP contribution in [0.25, 0.3) is 0 Å². The van der Waals surface area contributed by atoms with Gasteiger partial charge in [-0.25, -0.2) is 0 Å². The van der Waals surface area contributed by atoms with Crippen LogP contribution in [0.15, 0.2) is 85.1 Å². The molecule has 0 radical (unpaired) electrons. The number of ether oxygens (including phenoxy) is 2. The lowest BCUT2D eigenvalue weighted by Crippen LogP contribution is -2.60. The van der Waals surface area contributed by atoms with Gasteiger partial charge in [0.25, 0.3) is 0 Å². The maximum atomic E-state index is 12.9. The molecule has 1 saturated heterocycles. The fourth-order valence-corrected chi connectivity index (χ4v) is 8.18. The van der Waals surface area contributed by atoms with Crippen LogP contribution in [0.5, 0.6) is 0 Å². The third-order valence-corrected chi connectivity index (χ3v) is 12.5. The van der Waals surface area contributed by atoms with Crippen molar-refractivity contribution in [1.29, 1.82) is 0 Å². The summed E-state index contributed by atoms with van der Waals surface area (Å²) in [4.78, 5) is 12.9. The SMILES string of the molecule is CC/C=C\C/C=C\C/C=C\C/C=C\C/C=C\CC(=O)NC(COC1OC(CO)C(O)C(O)C1O)C(O)/C=C/CC/C=C/CCCCCCCCCCCCCCCCCCCCCCCCC. The maximum absolute atomic E-state index is 12.9. The molecular weight excluding hydrogens is 839 g/mol. The van der Waals surface area contributed by atoms with Crippen LogP contribution in [0.3, 0.4) is 0 Å². The number of carbonyl (C=O) groups excluding carboxylic acids is 1. The summed E-state index contributed by atoms with van der Waals surface area (Å²) in [7, 11) is 0. The van der Waals surface area contributed by atoms with Gasteiger partial charge in [0.2, 0.25) is 5.91 Å². The fourth-order valence-electron chi connectivity index (χ4n) is 8.18. The van der Waals surface area contributed by atoms with Crippen molar-refractivity contribution in [2.75, 3.05) is 13.2 Å². The minimum absolute atomic E-state index is 0.102. The Hall–Kier alpha value is -2.63. The summed E-state index contributed by atoms with van der Waals surface area (Å²) in [5, 5.41) is 54.2. The number of amides is 1. The number of nitrogens with one attached hydrogen (secondary N) is 1. The highest BCUT2D eigenvalue weighted by Gasteiger charge is 2.44. The zero-order chi connectivity index (χ0) is 48.7. The van der Waals surface area contributed by atoms with Crippen molar-refractivity contribution in [2.24, 2.45) is 0 Å². The highest BCUT2D eigenvalue weighted by Crippen LogP contribution is 2.23. The van der Waals surface area contributed by atoms with Crippen LogP contribution in [0, 0.1) is 0 Å². The van der Waals surface area contributed by atoms with Crippen LogP contribution >= 0.6 is 0 Å². The van der Waals surface area contributed by atoms with E-state index in [-0.39, 0.29) is 18.9 Å². The van der Waals surface area contributed by atoms with Crippen molar-refractivity contribution in [1.82, 2.24) is 5.32 Å². The van der Waals surface area contributed by atoms with Crippen molar-refractivity contribution in [3.05, 3.63) is 85.1 Å². The van der Waals surface area contributed by atoms with Crippen molar-refractivity contribution in [3.63, 3.8) is 0 Å². The molecule has 0 aromatic heterocycles. The van der Waals surface area contributed by atoms with Gasteiger partial charge < -0.3 is 40.3 Å². The van der Waals surface area contributed by atoms with E-state index in [1.54, 1.807) is 12.2 Å². The summed E-state index contributed by atoms with van der Waals surface area (Å²) in [6, 6.07) is -0.881. The third-order valence-electron chi connectivity index (χ3n) is 12.5. The van der Waals surface area contributed by atoms with Crippen LogP contribution in [0.4, 0.5) is 0 Å². The largest absolute Gasteiger partial charge is 0.394 e. The Labute approximate surface area is 410 Å². The first kappa shape index (κ1) is 62.4. The molecule has 1 heterocycles. The number of aliphatic hydroxyl groups is 5. The molecule has 0 aliphatic carbocycles. The van der Waals surface area contributed by atoms with Gasteiger partial charge in [0.05, 0.1) is 25.4 Å². The molecule has 0 aromatic rings. The van der Waals surface area contributed by atoms with E-state index < -0.39 is 49.5 Å². The molecule has 7 unspecified atom stereocenters. The number of unbranched alkanes of at least 4 members (excludes halogenated alkanes) is 24. The van der Waals surface area contributed by atoms with Crippen LogP contribution in [-0.4, -0.2) is 87.5 Å². The molecule has 67 heavy (non-hydrogen) atoms. The molecule has 1 amide bonds. The van der Waals surface area contributed by atoms with Gasteiger partial charge in [0, 0.05) is 6.42 Å². The number of hydrogen-bond acceptors (Lipinski definition) is 8. The average molecular weight is 940 g/mol. The zero-order valence-electron chi connectivity index (χ0n) is 42.6. The second kappa shape index (κ2) is 47.1. The van der Waals surface area contributed by atoms with Gasteiger partial charge in [0.1, 0.15) is 24.4 Å². The lowest BCUT2D eigenvalue weighted by Gasteiger charge is -2.40. The lowest BCUT2D eigenvalue weighted by atomic mass is 9.99. The second-order valence-corrected chi connectivity index (χ2v) is 18.7. The summed E-state index contributed by atoms with van der Waals surface area (Å²) in [5.41, 5.74) is 0. The molecule has 9 heteroatoms. The molecule has 1 rings (SSSR count). The first-order valence-electron chi connectivity index (χ1n) is 27.3. The number of rotatable bonds is 45. The van der Waals surface area contributed by atoms with Gasteiger partial charge in [-0.3, -0.25) is 4.79 Å². The molecule has 0 saturated carbocycles. The molecule has 0 spiro atoms. The molecule has 0 aromatic carbocycles. The zero-order valence-corrected chi connectivity index (χ0v) is 42.6. The quantitative estimate of drug-likeness (QED) is 0.0261. The van der Waals surface area contributed by atoms with E-state index in [1.807, 2.05) is 12.2 Å². The highest BCUT2D eigenvalue weighted by molar-refractivity contribution is 5.77. The van der Waals surface area contributed by atoms with Crippen LogP contribution in [-0.2, 0) is 14.3 Å². The molecule has 6 N–H and O–H groups in total. The van der Waals surface area contributed by atoms with E-state index in [4.69, 9.17) is 9.47 Å². The van der Waals surface area contributed by atoms with E-state index >= 15 is 0 Å². The maximum Gasteiger partial charge on any atom is 0.224 e. The molecule has 9 nitrogen and oxygen atoms in total. The lowest BCUT2D eigenvalue weighted by molar-refractivity contribution is -0.302. The van der Waals surface area contributed by atoms with Crippen molar-refractivity contribution in [2.45, 2.75) is 262 Å². The van der Waals surface area contributed by atoms with Crippen LogP contribution in [0.1, 0.15) is 219 Å². The Kier molecular flexibility index (Phi) is 43.8. The Balaban J connectivity index is 2.27. The Morgan fingerprint density at radius 1 is 0.522 bits per heavy atom. The minimum atomic E-state index is -1.59. The molecule has 7 atom stereocenters. The average Bonchev–Trinajstić information content (AvgIpc) is 3.33. The Bertz CT molecular complexity index is 1320. The van der Waals surface area contributed by atoms with Crippen molar-refractivity contribution >= 4 is 5.91 Å². The molecular formula is C58H101NO8. The summed E-state index contributed by atoms with van der Waals surface area (Å²) in [6.07, 6.45) is 59.8. The third kappa shape index (κ3) is 36.9. The Morgan fingerprint density at radius 3 is 1.40 bits per heavy atom. The van der Waals surface area contributed by atoms with Crippen LogP contribution < -0.4 is 5.32 Å². The monoisotopic (exact) mass is 940 g/mol. The van der Waals surface area contributed by atoms with E-state index in [9.17, 15) is 30.3 Å². The van der Waals surface area contributed by atoms with Gasteiger partial charge in [0.15, 0.2) is 6.29 Å². The summed E-state index contributed by atoms with van der Waals surface area (Å²) in [6.45, 7) is 3.59. The first-order valence-corrected chi connectivity index (χ1v) is 27.3. The number of aliphatic hydroxyl groups excluding tert-OH is 5. The minimum Gasteiger partial charge on any atom is -0.394 e. The van der Waals surface area contributed by atoms with Gasteiger partial charge in [-0.2, -0.15) is 0 Å². The van der Waals surface area contributed by atoms with E-state index in [0.29, 0.717) is 6.42 Å².